The lowest BCUT2D eigenvalue weighted by Crippen LogP contribution is -2.44. The number of carbonyl (C=O) groups excluding carboxylic acids is 2. The first-order chi connectivity index (χ1) is 17.2. The molecule has 2 amide bonds. The van der Waals surface area contributed by atoms with Gasteiger partial charge in [-0.25, -0.2) is 14.4 Å². The van der Waals surface area contributed by atoms with E-state index in [0.29, 0.717) is 6.42 Å². The van der Waals surface area contributed by atoms with Crippen molar-refractivity contribution in [2.24, 2.45) is 0 Å². The molecule has 2 atom stereocenters. The number of aromatic nitrogens is 2. The third-order valence-electron chi connectivity index (χ3n) is 4.30. The van der Waals surface area contributed by atoms with Crippen molar-refractivity contribution >= 4 is 18.2 Å². The van der Waals surface area contributed by atoms with E-state index in [1.807, 2.05) is 12.1 Å². The molecule has 4 N–H and O–H groups in total. The highest BCUT2D eigenvalue weighted by Gasteiger charge is 2.24. The smallest absolute Gasteiger partial charge is 0.408 e. The van der Waals surface area contributed by atoms with E-state index in [1.54, 1.807) is 78.5 Å². The molecule has 204 valence electrons. The van der Waals surface area contributed by atoms with Gasteiger partial charge in [0.15, 0.2) is 0 Å². The van der Waals surface area contributed by atoms with E-state index in [9.17, 15) is 19.5 Å². The summed E-state index contributed by atoms with van der Waals surface area (Å²) in [5, 5.41) is 23.3. The Balaban J connectivity index is 0.000000371. The summed E-state index contributed by atoms with van der Waals surface area (Å²) < 4.78 is 10.2. The van der Waals surface area contributed by atoms with Gasteiger partial charge in [0.1, 0.15) is 17.2 Å². The second kappa shape index (κ2) is 14.7. The fourth-order valence-corrected chi connectivity index (χ4v) is 2.84. The van der Waals surface area contributed by atoms with Gasteiger partial charge >= 0.3 is 18.2 Å². The summed E-state index contributed by atoms with van der Waals surface area (Å²) in [6, 6.07) is 5.76. The number of nitrogens with one attached hydrogen (secondary N) is 2. The number of hydrogen-bond donors (Lipinski definition) is 4. The Morgan fingerprint density at radius 2 is 1.30 bits per heavy atom. The highest BCUT2D eigenvalue weighted by Crippen LogP contribution is 2.09. The highest BCUT2D eigenvalue weighted by atomic mass is 16.6. The van der Waals surface area contributed by atoms with E-state index in [0.717, 1.165) is 11.1 Å². The second-order valence-electron chi connectivity index (χ2n) is 10.2. The molecule has 0 aromatic carbocycles. The van der Waals surface area contributed by atoms with Crippen LogP contribution in [0.15, 0.2) is 49.1 Å². The van der Waals surface area contributed by atoms with Crippen LogP contribution in [-0.2, 0) is 27.1 Å². The van der Waals surface area contributed by atoms with Crippen LogP contribution in [0.3, 0.4) is 0 Å². The zero-order valence-electron chi connectivity index (χ0n) is 22.2. The van der Waals surface area contributed by atoms with E-state index in [1.165, 1.54) is 0 Å². The number of alkyl carbamates (subject to hydrolysis) is 2. The van der Waals surface area contributed by atoms with Crippen molar-refractivity contribution in [3.63, 3.8) is 0 Å². The van der Waals surface area contributed by atoms with Gasteiger partial charge in [-0.1, -0.05) is 12.1 Å². The fourth-order valence-electron chi connectivity index (χ4n) is 2.84. The van der Waals surface area contributed by atoms with Crippen LogP contribution < -0.4 is 10.6 Å². The van der Waals surface area contributed by atoms with Gasteiger partial charge in [-0.3, -0.25) is 9.97 Å². The third kappa shape index (κ3) is 15.1. The number of ether oxygens (including phenoxy) is 2. The van der Waals surface area contributed by atoms with Crippen molar-refractivity contribution in [2.45, 2.75) is 77.7 Å². The molecule has 0 radical (unpaired) electrons. The molecule has 0 unspecified atom stereocenters. The molecular weight excluding hydrogens is 480 g/mol. The number of aliphatic hydroxyl groups is 1. The summed E-state index contributed by atoms with van der Waals surface area (Å²) in [6.07, 6.45) is 5.95. The lowest BCUT2D eigenvalue weighted by Gasteiger charge is -2.22. The minimum Gasteiger partial charge on any atom is -0.480 e. The van der Waals surface area contributed by atoms with E-state index in [-0.39, 0.29) is 19.1 Å². The molecule has 0 aliphatic rings. The van der Waals surface area contributed by atoms with Crippen molar-refractivity contribution in [1.29, 1.82) is 0 Å². The molecule has 37 heavy (non-hydrogen) atoms. The van der Waals surface area contributed by atoms with Gasteiger partial charge in [0.25, 0.3) is 0 Å². The Morgan fingerprint density at radius 3 is 1.68 bits per heavy atom. The molecule has 0 fully saturated rings. The van der Waals surface area contributed by atoms with E-state index in [2.05, 4.69) is 20.6 Å². The first-order valence-electron chi connectivity index (χ1n) is 11.8. The van der Waals surface area contributed by atoms with E-state index < -0.39 is 35.4 Å². The van der Waals surface area contributed by atoms with E-state index in [4.69, 9.17) is 14.6 Å². The van der Waals surface area contributed by atoms with Gasteiger partial charge in [-0.05, 0) is 71.2 Å². The Morgan fingerprint density at radius 1 is 0.838 bits per heavy atom. The van der Waals surface area contributed by atoms with Gasteiger partial charge in [-0.15, -0.1) is 0 Å². The van der Waals surface area contributed by atoms with Crippen molar-refractivity contribution in [3.05, 3.63) is 60.2 Å². The molecule has 0 bridgehead atoms. The second-order valence-corrected chi connectivity index (χ2v) is 10.2. The van der Waals surface area contributed by atoms with Crippen molar-refractivity contribution in [2.75, 3.05) is 6.61 Å². The molecule has 0 saturated carbocycles. The Kier molecular flexibility index (Phi) is 12.5. The number of carbonyl (C=O) groups is 3. The van der Waals surface area contributed by atoms with Gasteiger partial charge in [-0.2, -0.15) is 0 Å². The normalized spacial score (nSPS) is 12.7. The van der Waals surface area contributed by atoms with Crippen molar-refractivity contribution < 1.29 is 34.1 Å². The van der Waals surface area contributed by atoms with Crippen LogP contribution in [0.4, 0.5) is 9.59 Å². The summed E-state index contributed by atoms with van der Waals surface area (Å²) in [6.45, 7) is 10.4. The lowest BCUT2D eigenvalue weighted by atomic mass is 10.1. The third-order valence-corrected chi connectivity index (χ3v) is 4.30. The Bertz CT molecular complexity index is 974. The van der Waals surface area contributed by atoms with Crippen LogP contribution in [0.25, 0.3) is 0 Å². The molecule has 0 spiro atoms. The zero-order valence-corrected chi connectivity index (χ0v) is 22.2. The van der Waals surface area contributed by atoms with Crippen molar-refractivity contribution in [3.8, 4) is 0 Å². The number of carboxylic acids is 1. The number of hydrogen-bond acceptors (Lipinski definition) is 8. The number of carboxylic acid groups (broad SMARTS) is 1. The fraction of sp³-hybridized carbons (Fsp3) is 0.500. The maximum Gasteiger partial charge on any atom is 0.408 e. The minimum atomic E-state index is -1.12. The topological polar surface area (TPSA) is 160 Å². The van der Waals surface area contributed by atoms with Gasteiger partial charge in [0.2, 0.25) is 0 Å². The molecule has 0 saturated heterocycles. The SMILES string of the molecule is CC(C)(C)OC(=O)N[C@@H](CO)Cc1cccnc1.CC(C)(C)OC(=O)N[C@H](Cc1cccnc1)C(=O)O. The number of amides is 2. The monoisotopic (exact) mass is 518 g/mol. The van der Waals surface area contributed by atoms with Gasteiger partial charge in [0.05, 0.1) is 12.6 Å². The highest BCUT2D eigenvalue weighted by molar-refractivity contribution is 5.80. The molecule has 11 nitrogen and oxygen atoms in total. The number of nitrogens with zero attached hydrogens (tertiary/aromatic N) is 2. The average molecular weight is 519 g/mol. The standard InChI is InChI=1S/C13H18N2O4.C13H20N2O3/c1-13(2,3)19-12(18)15-10(11(16)17)7-9-5-4-6-14-8-9;1-13(2,3)18-12(17)15-11(9-16)7-10-5-4-6-14-8-10/h4-6,8,10H,7H2,1-3H3,(H,15,18)(H,16,17);4-6,8,11,16H,7,9H2,1-3H3,(H,15,17)/t10-;11-/m11/s1. The largest absolute Gasteiger partial charge is 0.480 e. The van der Waals surface area contributed by atoms with Crippen LogP contribution in [0.5, 0.6) is 0 Å². The van der Waals surface area contributed by atoms with E-state index >= 15 is 0 Å². The Labute approximate surface area is 217 Å². The number of aliphatic hydroxyl groups excluding tert-OH is 1. The summed E-state index contributed by atoms with van der Waals surface area (Å²) in [5.41, 5.74) is 0.471. The van der Waals surface area contributed by atoms with Crippen LogP contribution in [-0.4, -0.2) is 68.2 Å². The molecule has 2 rings (SSSR count). The predicted molar refractivity (Wildman–Crippen MR) is 137 cm³/mol. The maximum atomic E-state index is 11.6. The van der Waals surface area contributed by atoms with Gasteiger partial charge in [0, 0.05) is 31.2 Å². The molecule has 0 aliphatic heterocycles. The summed E-state index contributed by atoms with van der Waals surface area (Å²) in [5.74, 6) is -1.12. The first kappa shape index (κ1) is 31.3. The number of aliphatic carboxylic acids is 1. The predicted octanol–water partition coefficient (Wildman–Crippen LogP) is 3.11. The number of rotatable bonds is 8. The van der Waals surface area contributed by atoms with Gasteiger partial charge < -0.3 is 30.3 Å². The molecular formula is C26H38N4O7. The van der Waals surface area contributed by atoms with Crippen LogP contribution >= 0.6 is 0 Å². The van der Waals surface area contributed by atoms with Crippen LogP contribution in [0.2, 0.25) is 0 Å². The summed E-state index contributed by atoms with van der Waals surface area (Å²) in [7, 11) is 0. The molecule has 2 aromatic rings. The van der Waals surface area contributed by atoms with Crippen LogP contribution in [0, 0.1) is 0 Å². The Hall–Kier alpha value is -3.73. The minimum absolute atomic E-state index is 0.145. The zero-order chi connectivity index (χ0) is 28.1. The maximum absolute atomic E-state index is 11.6. The summed E-state index contributed by atoms with van der Waals surface area (Å²) >= 11 is 0. The quantitative estimate of drug-likeness (QED) is 0.412. The molecule has 2 heterocycles. The average Bonchev–Trinajstić information content (AvgIpc) is 2.77. The van der Waals surface area contributed by atoms with Crippen molar-refractivity contribution in [1.82, 2.24) is 20.6 Å². The number of pyridine rings is 2. The molecule has 11 heteroatoms. The molecule has 0 aliphatic carbocycles. The lowest BCUT2D eigenvalue weighted by molar-refractivity contribution is -0.139. The first-order valence-corrected chi connectivity index (χ1v) is 11.8. The summed E-state index contributed by atoms with van der Waals surface area (Å²) in [4.78, 5) is 42.1. The van der Waals surface area contributed by atoms with Crippen LogP contribution in [0.1, 0.15) is 52.7 Å². The molecule has 2 aromatic heterocycles.